The molecule has 0 unspecified atom stereocenters. The lowest BCUT2D eigenvalue weighted by atomic mass is 9.71. The zero-order valence-electron chi connectivity index (χ0n) is 29.9. The van der Waals surface area contributed by atoms with Crippen molar-refractivity contribution < 1.29 is 57.4 Å². The predicted molar refractivity (Wildman–Crippen MR) is 193 cm³/mol. The van der Waals surface area contributed by atoms with Gasteiger partial charge in [0.05, 0.1) is 19.3 Å². The molecule has 15 heteroatoms. The first-order valence-corrected chi connectivity index (χ1v) is 17.4. The maximum atomic E-state index is 12.6. The van der Waals surface area contributed by atoms with Gasteiger partial charge < -0.3 is 14.2 Å². The molecule has 0 atom stereocenters. The summed E-state index contributed by atoms with van der Waals surface area (Å²) in [7, 11) is 0. The van der Waals surface area contributed by atoms with Gasteiger partial charge in [-0.2, -0.15) is 0 Å². The van der Waals surface area contributed by atoms with E-state index in [2.05, 4.69) is 0 Å². The van der Waals surface area contributed by atoms with Crippen molar-refractivity contribution in [3.63, 3.8) is 0 Å². The van der Waals surface area contributed by atoms with E-state index in [4.69, 9.17) is 14.2 Å². The standard InChI is InChI=1S/C41H33N3O12/c1-41(26-2-8-29(9-3-26)54-38(51)20-23-42-32(45)14-15-33(42)46,27-4-10-30(11-5-27)55-39(52)21-24-43-34(47)16-17-35(43)48)28-6-12-31(13-7-28)56-40(53)22-25-44-36(49)18-19-37(44)50/h2-19H,20-25H2,1H3. The summed E-state index contributed by atoms with van der Waals surface area (Å²) in [6.45, 7) is 1.56. The first-order chi connectivity index (χ1) is 26.8. The van der Waals surface area contributed by atoms with Gasteiger partial charge in [0.2, 0.25) is 0 Å². The number of benzene rings is 3. The van der Waals surface area contributed by atoms with Crippen molar-refractivity contribution in [3.8, 4) is 17.2 Å². The number of rotatable bonds is 15. The molecule has 0 radical (unpaired) electrons. The van der Waals surface area contributed by atoms with Crippen LogP contribution in [0.15, 0.2) is 109 Å². The van der Waals surface area contributed by atoms with Gasteiger partial charge in [0, 0.05) is 61.5 Å². The quantitative estimate of drug-likeness (QED) is 0.0955. The Morgan fingerprint density at radius 1 is 0.411 bits per heavy atom. The number of carbonyl (C=O) groups is 9. The number of hydrogen-bond donors (Lipinski definition) is 0. The third-order valence-electron chi connectivity index (χ3n) is 9.31. The number of nitrogens with zero attached hydrogens (tertiary/aromatic N) is 3. The molecule has 0 N–H and O–H groups in total. The predicted octanol–water partition coefficient (Wildman–Crippen LogP) is 2.70. The molecule has 0 bridgehead atoms. The number of ether oxygens (including phenoxy) is 3. The number of carbonyl (C=O) groups excluding carboxylic acids is 9. The van der Waals surface area contributed by atoms with E-state index in [-0.39, 0.29) is 56.1 Å². The monoisotopic (exact) mass is 759 g/mol. The maximum absolute atomic E-state index is 12.6. The van der Waals surface area contributed by atoms with Crippen molar-refractivity contribution in [1.29, 1.82) is 0 Å². The van der Waals surface area contributed by atoms with Crippen LogP contribution in [0.25, 0.3) is 0 Å². The molecule has 0 saturated carbocycles. The van der Waals surface area contributed by atoms with E-state index >= 15 is 0 Å². The highest BCUT2D eigenvalue weighted by Gasteiger charge is 2.32. The SMILES string of the molecule is CC(c1ccc(OC(=O)CCN2C(=O)C=CC2=O)cc1)(c1ccc(OC(=O)CCN2C(=O)C=CC2=O)cc1)c1ccc(OC(=O)CCN2C(=O)C=CC2=O)cc1. The Hall–Kier alpha value is -7.29. The summed E-state index contributed by atoms with van der Waals surface area (Å²) in [4.78, 5) is 111. The fourth-order valence-electron chi connectivity index (χ4n) is 6.18. The second-order valence-electron chi connectivity index (χ2n) is 12.9. The Bertz CT molecular complexity index is 1920. The Morgan fingerprint density at radius 3 is 0.839 bits per heavy atom. The van der Waals surface area contributed by atoms with Crippen LogP contribution in [0.2, 0.25) is 0 Å². The maximum Gasteiger partial charge on any atom is 0.312 e. The van der Waals surface area contributed by atoms with Crippen LogP contribution < -0.4 is 14.2 Å². The van der Waals surface area contributed by atoms with Crippen LogP contribution in [0.5, 0.6) is 17.2 Å². The molecule has 3 heterocycles. The molecule has 0 saturated heterocycles. The third kappa shape index (κ3) is 8.57. The topological polar surface area (TPSA) is 191 Å². The highest BCUT2D eigenvalue weighted by atomic mass is 16.5. The van der Waals surface area contributed by atoms with Gasteiger partial charge in [0.1, 0.15) is 17.2 Å². The van der Waals surface area contributed by atoms with Gasteiger partial charge >= 0.3 is 17.9 Å². The van der Waals surface area contributed by atoms with Gasteiger partial charge in [-0.1, -0.05) is 36.4 Å². The van der Waals surface area contributed by atoms with Crippen molar-refractivity contribution in [2.75, 3.05) is 19.6 Å². The third-order valence-corrected chi connectivity index (χ3v) is 9.31. The average molecular weight is 760 g/mol. The molecule has 3 aliphatic rings. The number of amides is 6. The molecule has 15 nitrogen and oxygen atoms in total. The van der Waals surface area contributed by atoms with Crippen molar-refractivity contribution >= 4 is 53.4 Å². The minimum absolute atomic E-state index is 0.124. The van der Waals surface area contributed by atoms with Crippen LogP contribution in [-0.2, 0) is 48.6 Å². The lowest BCUT2D eigenvalue weighted by Crippen LogP contribution is -2.32. The van der Waals surface area contributed by atoms with E-state index in [0.717, 1.165) is 67.8 Å². The molecule has 6 amide bonds. The van der Waals surface area contributed by atoms with Gasteiger partial charge in [-0.15, -0.1) is 0 Å². The second-order valence-corrected chi connectivity index (χ2v) is 12.9. The number of esters is 3. The Kier molecular flexibility index (Phi) is 11.2. The summed E-state index contributed by atoms with van der Waals surface area (Å²) >= 11 is 0. The molecule has 0 aromatic heterocycles. The van der Waals surface area contributed by atoms with E-state index in [1.165, 1.54) is 0 Å². The molecule has 3 aromatic rings. The van der Waals surface area contributed by atoms with E-state index in [0.29, 0.717) is 0 Å². The van der Waals surface area contributed by atoms with Gasteiger partial charge in [0.15, 0.2) is 0 Å². The molecule has 3 aliphatic heterocycles. The number of hydrogen-bond acceptors (Lipinski definition) is 12. The molecular weight excluding hydrogens is 726 g/mol. The summed E-state index contributed by atoms with van der Waals surface area (Å²) in [6, 6.07) is 20.1. The normalized spacial score (nSPS) is 15.1. The second kappa shape index (κ2) is 16.4. The summed E-state index contributed by atoms with van der Waals surface area (Å²) in [5.74, 6) is -4.25. The molecule has 0 aliphatic carbocycles. The van der Waals surface area contributed by atoms with Crippen molar-refractivity contribution in [2.45, 2.75) is 31.6 Å². The highest BCUT2D eigenvalue weighted by Crippen LogP contribution is 2.40. The molecular formula is C41H33N3O12. The zero-order chi connectivity index (χ0) is 40.0. The Balaban J connectivity index is 1.17. The summed E-state index contributed by atoms with van der Waals surface area (Å²) in [6.07, 6.45) is 6.19. The van der Waals surface area contributed by atoms with E-state index in [9.17, 15) is 43.2 Å². The molecule has 56 heavy (non-hydrogen) atoms. The van der Waals surface area contributed by atoms with Crippen LogP contribution in [0.4, 0.5) is 0 Å². The van der Waals surface area contributed by atoms with Gasteiger partial charge in [0.25, 0.3) is 35.4 Å². The summed E-state index contributed by atoms with van der Waals surface area (Å²) in [5.41, 5.74) is 1.33. The van der Waals surface area contributed by atoms with E-state index in [1.54, 1.807) is 72.8 Å². The van der Waals surface area contributed by atoms with Crippen LogP contribution in [0, 0.1) is 0 Å². The van der Waals surface area contributed by atoms with Gasteiger partial charge in [-0.3, -0.25) is 57.9 Å². The molecule has 0 spiro atoms. The Labute approximate surface area is 319 Å². The highest BCUT2D eigenvalue weighted by molar-refractivity contribution is 6.14. The lowest BCUT2D eigenvalue weighted by molar-refractivity contribution is -0.141. The van der Waals surface area contributed by atoms with Crippen LogP contribution in [-0.4, -0.2) is 87.7 Å². The molecule has 0 fully saturated rings. The smallest absolute Gasteiger partial charge is 0.312 e. The molecule has 284 valence electrons. The van der Waals surface area contributed by atoms with Gasteiger partial charge in [-0.25, -0.2) is 0 Å². The fourth-order valence-corrected chi connectivity index (χ4v) is 6.18. The van der Waals surface area contributed by atoms with Crippen LogP contribution in [0.1, 0.15) is 42.9 Å². The lowest BCUT2D eigenvalue weighted by Gasteiger charge is -2.32. The van der Waals surface area contributed by atoms with E-state index in [1.807, 2.05) is 6.92 Å². The van der Waals surface area contributed by atoms with Crippen LogP contribution >= 0.6 is 0 Å². The van der Waals surface area contributed by atoms with Gasteiger partial charge in [-0.05, 0) is 60.0 Å². The summed E-state index contributed by atoms with van der Waals surface area (Å²) in [5, 5.41) is 0. The minimum atomic E-state index is -0.899. The van der Waals surface area contributed by atoms with Crippen molar-refractivity contribution in [2.24, 2.45) is 0 Å². The van der Waals surface area contributed by atoms with E-state index < -0.39 is 58.8 Å². The average Bonchev–Trinajstić information content (AvgIpc) is 3.81. The minimum Gasteiger partial charge on any atom is -0.426 e. The first-order valence-electron chi connectivity index (χ1n) is 17.4. The number of imide groups is 3. The van der Waals surface area contributed by atoms with Crippen molar-refractivity contribution in [1.82, 2.24) is 14.7 Å². The first kappa shape index (κ1) is 38.4. The fraction of sp³-hybridized carbons (Fsp3) is 0.195. The van der Waals surface area contributed by atoms with Crippen molar-refractivity contribution in [3.05, 3.63) is 126 Å². The largest absolute Gasteiger partial charge is 0.426 e. The Morgan fingerprint density at radius 2 is 0.625 bits per heavy atom. The zero-order valence-corrected chi connectivity index (χ0v) is 29.9. The summed E-state index contributed by atoms with van der Waals surface area (Å²) < 4.78 is 16.4. The molecule has 3 aromatic carbocycles. The van der Waals surface area contributed by atoms with Crippen LogP contribution in [0.3, 0.4) is 0 Å². The molecule has 6 rings (SSSR count).